The van der Waals surface area contributed by atoms with Crippen molar-refractivity contribution < 1.29 is 0 Å². The van der Waals surface area contributed by atoms with E-state index in [1.165, 1.54) is 135 Å². The van der Waals surface area contributed by atoms with Gasteiger partial charge in [-0.05, 0) is 38.5 Å². The highest BCUT2D eigenvalue weighted by atomic mass is 31.2. The molecule has 0 amide bonds. The third kappa shape index (κ3) is 20.7. The van der Waals surface area contributed by atoms with E-state index in [4.69, 9.17) is 0 Å². The van der Waals surface area contributed by atoms with Gasteiger partial charge in [0.2, 0.25) is 0 Å². The molecule has 0 aromatic heterocycles. The highest BCUT2D eigenvalue weighted by Gasteiger charge is 2.34. The fraction of sp³-hybridized carbons (Fsp3) is 1.00. The zero-order valence-corrected chi connectivity index (χ0v) is 23.9. The van der Waals surface area contributed by atoms with E-state index in [9.17, 15) is 0 Å². The summed E-state index contributed by atoms with van der Waals surface area (Å²) < 4.78 is 0. The van der Waals surface area contributed by atoms with Crippen molar-refractivity contribution in [3.05, 3.63) is 0 Å². The van der Waals surface area contributed by atoms with E-state index in [-0.39, 0.29) is 0 Å². The van der Waals surface area contributed by atoms with Gasteiger partial charge in [-0.1, -0.05) is 130 Å². The summed E-state index contributed by atoms with van der Waals surface area (Å²) in [7, 11) is -0.681. The van der Waals surface area contributed by atoms with Crippen LogP contribution in [0.1, 0.15) is 163 Å². The molecule has 0 saturated heterocycles. The molecule has 0 aromatic rings. The van der Waals surface area contributed by atoms with Crippen LogP contribution >= 0.6 is 7.26 Å². The molecule has 0 radical (unpaired) electrons. The molecule has 0 aromatic carbocycles. The lowest BCUT2D eigenvalue weighted by Crippen LogP contribution is -2.14. The molecule has 0 aliphatic rings. The number of unbranched alkanes of at least 4 members (excludes halogenated alkanes) is 18. The zero-order valence-electron chi connectivity index (χ0n) is 23.0. The Morgan fingerprint density at radius 3 is 0.968 bits per heavy atom. The van der Waals surface area contributed by atoms with Crippen LogP contribution in [0.5, 0.6) is 0 Å². The lowest BCUT2D eigenvalue weighted by atomic mass is 10.1. The van der Waals surface area contributed by atoms with Crippen LogP contribution in [-0.2, 0) is 0 Å². The normalized spacial score (nSPS) is 12.2. The van der Waals surface area contributed by atoms with E-state index >= 15 is 0 Å². The Morgan fingerprint density at radius 2 is 0.710 bits per heavy atom. The Morgan fingerprint density at radius 1 is 0.419 bits per heavy atom. The van der Waals surface area contributed by atoms with Crippen molar-refractivity contribution in [1.29, 1.82) is 0 Å². The smallest absolute Gasteiger partial charge is 0.0617 e. The molecule has 0 unspecified atom stereocenters. The van der Waals surface area contributed by atoms with Crippen molar-refractivity contribution in [2.75, 3.05) is 24.6 Å². The van der Waals surface area contributed by atoms with Gasteiger partial charge in [0.15, 0.2) is 0 Å². The number of rotatable bonds is 25. The van der Waals surface area contributed by atoms with E-state index in [0.717, 1.165) is 5.92 Å². The van der Waals surface area contributed by atoms with Crippen LogP contribution in [0.4, 0.5) is 0 Å². The molecular formula is C30H64P+. The SMILES string of the molecule is CCCCCCCCCCCC[P+](CC)(CCCCCCCCCCCC)CC(C)C. The highest BCUT2D eigenvalue weighted by molar-refractivity contribution is 7.75. The van der Waals surface area contributed by atoms with Gasteiger partial charge >= 0.3 is 0 Å². The molecule has 31 heavy (non-hydrogen) atoms. The first-order valence-corrected chi connectivity index (χ1v) is 17.5. The van der Waals surface area contributed by atoms with Crippen LogP contribution in [0.2, 0.25) is 0 Å². The van der Waals surface area contributed by atoms with E-state index in [1.807, 2.05) is 0 Å². The molecule has 0 rings (SSSR count). The summed E-state index contributed by atoms with van der Waals surface area (Å²) in [6, 6.07) is 0. The van der Waals surface area contributed by atoms with Crippen LogP contribution < -0.4 is 0 Å². The Hall–Kier alpha value is 0.430. The minimum absolute atomic E-state index is 0.681. The summed E-state index contributed by atoms with van der Waals surface area (Å²) in [5, 5.41) is 0. The second kappa shape index (κ2) is 23.6. The van der Waals surface area contributed by atoms with E-state index < -0.39 is 7.26 Å². The predicted octanol–water partition coefficient (Wildman–Crippen LogP) is 11.5. The lowest BCUT2D eigenvalue weighted by Gasteiger charge is -2.28. The Balaban J connectivity index is 3.92. The summed E-state index contributed by atoms with van der Waals surface area (Å²) in [4.78, 5) is 0. The second-order valence-corrected chi connectivity index (χ2v) is 15.6. The minimum atomic E-state index is -0.681. The average molecular weight is 456 g/mol. The topological polar surface area (TPSA) is 0 Å². The Labute approximate surface area is 200 Å². The molecule has 188 valence electrons. The molecule has 0 atom stereocenters. The maximum absolute atomic E-state index is 2.53. The van der Waals surface area contributed by atoms with Gasteiger partial charge in [-0.3, -0.25) is 0 Å². The summed E-state index contributed by atoms with van der Waals surface area (Å²) >= 11 is 0. The van der Waals surface area contributed by atoms with Crippen LogP contribution in [-0.4, -0.2) is 24.6 Å². The molecule has 0 aliphatic heterocycles. The fourth-order valence-electron chi connectivity index (χ4n) is 5.38. The van der Waals surface area contributed by atoms with Gasteiger partial charge in [0.05, 0.1) is 24.6 Å². The predicted molar refractivity (Wildman–Crippen MR) is 151 cm³/mol. The van der Waals surface area contributed by atoms with Crippen molar-refractivity contribution in [2.24, 2.45) is 5.92 Å². The maximum atomic E-state index is 2.53. The van der Waals surface area contributed by atoms with E-state index in [1.54, 1.807) is 18.5 Å². The molecule has 0 spiro atoms. The molecule has 0 saturated carbocycles. The second-order valence-electron chi connectivity index (χ2n) is 11.0. The molecule has 1 heteroatoms. The van der Waals surface area contributed by atoms with Gasteiger partial charge in [0.25, 0.3) is 0 Å². The molecule has 0 nitrogen and oxygen atoms in total. The van der Waals surface area contributed by atoms with Gasteiger partial charge in [0, 0.05) is 7.26 Å². The largest absolute Gasteiger partial charge is 0.0654 e. The van der Waals surface area contributed by atoms with Crippen molar-refractivity contribution >= 4 is 7.26 Å². The molecule has 0 heterocycles. The third-order valence-electron chi connectivity index (χ3n) is 7.40. The van der Waals surface area contributed by atoms with E-state index in [0.29, 0.717) is 0 Å². The first-order chi connectivity index (χ1) is 15.1. The average Bonchev–Trinajstić information content (AvgIpc) is 2.75. The minimum Gasteiger partial charge on any atom is -0.0654 e. The van der Waals surface area contributed by atoms with Crippen LogP contribution in [0.3, 0.4) is 0 Å². The Kier molecular flexibility index (Phi) is 23.9. The van der Waals surface area contributed by atoms with Gasteiger partial charge < -0.3 is 0 Å². The molecule has 0 bridgehead atoms. The van der Waals surface area contributed by atoms with Gasteiger partial charge in [-0.25, -0.2) is 0 Å². The summed E-state index contributed by atoms with van der Waals surface area (Å²) in [6.07, 6.45) is 35.8. The Bertz CT molecular complexity index is 311. The summed E-state index contributed by atoms with van der Waals surface area (Å²) in [5.41, 5.74) is 0. The van der Waals surface area contributed by atoms with Gasteiger partial charge in [-0.15, -0.1) is 0 Å². The summed E-state index contributed by atoms with van der Waals surface area (Å²) in [5.74, 6) is 0.902. The molecule has 0 N–H and O–H groups in total. The highest BCUT2D eigenvalue weighted by Crippen LogP contribution is 2.61. The standard InChI is InChI=1S/C30H64P/c1-6-9-11-13-15-17-19-21-23-25-27-31(8-3,29-30(4)5)28-26-24-22-20-18-16-14-12-10-7-2/h30H,6-29H2,1-5H3/q+1. The monoisotopic (exact) mass is 455 g/mol. The third-order valence-corrected chi connectivity index (χ3v) is 12.8. The van der Waals surface area contributed by atoms with Crippen LogP contribution in [0.25, 0.3) is 0 Å². The molecule has 0 aliphatic carbocycles. The van der Waals surface area contributed by atoms with E-state index in [2.05, 4.69) is 34.6 Å². The maximum Gasteiger partial charge on any atom is 0.0617 e. The zero-order chi connectivity index (χ0) is 23.0. The molecular weight excluding hydrogens is 391 g/mol. The van der Waals surface area contributed by atoms with Gasteiger partial charge in [-0.2, -0.15) is 0 Å². The fourth-order valence-corrected chi connectivity index (χ4v) is 10.2. The van der Waals surface area contributed by atoms with Gasteiger partial charge in [0.1, 0.15) is 0 Å². The van der Waals surface area contributed by atoms with Crippen molar-refractivity contribution in [2.45, 2.75) is 163 Å². The number of hydrogen-bond acceptors (Lipinski definition) is 0. The molecule has 0 fully saturated rings. The number of hydrogen-bond donors (Lipinski definition) is 0. The van der Waals surface area contributed by atoms with Crippen LogP contribution in [0, 0.1) is 5.92 Å². The van der Waals surface area contributed by atoms with Crippen molar-refractivity contribution in [3.8, 4) is 0 Å². The quantitative estimate of drug-likeness (QED) is 0.0948. The van der Waals surface area contributed by atoms with Crippen LogP contribution in [0.15, 0.2) is 0 Å². The lowest BCUT2D eigenvalue weighted by molar-refractivity contribution is 0.560. The summed E-state index contributed by atoms with van der Waals surface area (Å²) in [6.45, 7) is 12.1. The van der Waals surface area contributed by atoms with Crippen molar-refractivity contribution in [1.82, 2.24) is 0 Å². The van der Waals surface area contributed by atoms with Crippen molar-refractivity contribution in [3.63, 3.8) is 0 Å². The first kappa shape index (κ1) is 31.4. The first-order valence-electron chi connectivity index (χ1n) is 14.9.